The number of aryl methyl sites for hydroxylation is 1. The van der Waals surface area contributed by atoms with E-state index in [1.165, 1.54) is 16.7 Å². The minimum absolute atomic E-state index is 0.488. The first-order valence-corrected chi connectivity index (χ1v) is 8.00. The van der Waals surface area contributed by atoms with Crippen LogP contribution < -0.4 is 5.32 Å². The zero-order chi connectivity index (χ0) is 14.4. The molecule has 0 saturated carbocycles. The van der Waals surface area contributed by atoms with Crippen LogP contribution in [0.15, 0.2) is 53.0 Å². The van der Waals surface area contributed by atoms with Crippen molar-refractivity contribution in [2.75, 3.05) is 6.54 Å². The first-order valence-electron chi connectivity index (χ1n) is 7.21. The van der Waals surface area contributed by atoms with Gasteiger partial charge in [-0.25, -0.2) is 0 Å². The summed E-state index contributed by atoms with van der Waals surface area (Å²) in [4.78, 5) is 0. The van der Waals surface area contributed by atoms with E-state index >= 15 is 0 Å². The van der Waals surface area contributed by atoms with Gasteiger partial charge in [-0.2, -0.15) is 0 Å². The number of likely N-dealkylation sites (N-methyl/N-ethyl adjacent to an activating group) is 1. The third-order valence-corrected chi connectivity index (χ3v) is 4.14. The standard InChI is InChI=1S/C18H22BrN/c1-3-20-18(12-15-8-10-17(19)11-9-15)13-16-7-5-4-6-14(16)2/h4-11,18,20H,3,12-13H2,1-2H3. The lowest BCUT2D eigenvalue weighted by Crippen LogP contribution is -2.33. The molecule has 0 fully saturated rings. The molecule has 106 valence electrons. The van der Waals surface area contributed by atoms with Crippen LogP contribution in [0.3, 0.4) is 0 Å². The molecule has 0 aliphatic carbocycles. The van der Waals surface area contributed by atoms with Crippen molar-refractivity contribution in [2.45, 2.75) is 32.7 Å². The maximum absolute atomic E-state index is 3.61. The van der Waals surface area contributed by atoms with Crippen LogP contribution >= 0.6 is 15.9 Å². The molecule has 2 heteroatoms. The van der Waals surface area contributed by atoms with E-state index < -0.39 is 0 Å². The molecule has 0 amide bonds. The molecule has 0 radical (unpaired) electrons. The fourth-order valence-electron chi connectivity index (χ4n) is 2.51. The van der Waals surface area contributed by atoms with Gasteiger partial charge in [-0.1, -0.05) is 59.3 Å². The minimum Gasteiger partial charge on any atom is -0.314 e. The zero-order valence-corrected chi connectivity index (χ0v) is 13.8. The Hall–Kier alpha value is -1.12. The first-order chi connectivity index (χ1) is 9.69. The van der Waals surface area contributed by atoms with Gasteiger partial charge in [0.15, 0.2) is 0 Å². The maximum Gasteiger partial charge on any atom is 0.0175 e. The lowest BCUT2D eigenvalue weighted by molar-refractivity contribution is 0.520. The molecule has 2 aromatic rings. The van der Waals surface area contributed by atoms with Crippen molar-refractivity contribution < 1.29 is 0 Å². The number of rotatable bonds is 6. The molecule has 1 atom stereocenters. The van der Waals surface area contributed by atoms with Crippen LogP contribution in [0, 0.1) is 6.92 Å². The van der Waals surface area contributed by atoms with Crippen molar-refractivity contribution in [2.24, 2.45) is 0 Å². The Bertz CT molecular complexity index is 533. The molecule has 2 aromatic carbocycles. The van der Waals surface area contributed by atoms with E-state index in [1.807, 2.05) is 0 Å². The largest absolute Gasteiger partial charge is 0.314 e. The number of hydrogen-bond donors (Lipinski definition) is 1. The van der Waals surface area contributed by atoms with Gasteiger partial charge in [0.05, 0.1) is 0 Å². The van der Waals surface area contributed by atoms with Crippen molar-refractivity contribution in [3.63, 3.8) is 0 Å². The fraction of sp³-hybridized carbons (Fsp3) is 0.333. The second-order valence-electron chi connectivity index (χ2n) is 5.22. The van der Waals surface area contributed by atoms with Crippen LogP contribution in [0.25, 0.3) is 0 Å². The van der Waals surface area contributed by atoms with Crippen molar-refractivity contribution >= 4 is 15.9 Å². The average molecular weight is 332 g/mol. The van der Waals surface area contributed by atoms with Gasteiger partial charge >= 0.3 is 0 Å². The summed E-state index contributed by atoms with van der Waals surface area (Å²) < 4.78 is 1.14. The highest BCUT2D eigenvalue weighted by Crippen LogP contribution is 2.15. The molecule has 1 unspecified atom stereocenters. The molecule has 0 aromatic heterocycles. The second-order valence-corrected chi connectivity index (χ2v) is 6.13. The normalized spacial score (nSPS) is 12.3. The molecule has 2 rings (SSSR count). The summed E-state index contributed by atoms with van der Waals surface area (Å²) in [6.45, 7) is 5.37. The molecule has 0 heterocycles. The molecular weight excluding hydrogens is 310 g/mol. The predicted molar refractivity (Wildman–Crippen MR) is 90.2 cm³/mol. The van der Waals surface area contributed by atoms with Crippen LogP contribution in [0.2, 0.25) is 0 Å². The van der Waals surface area contributed by atoms with Gasteiger partial charge in [0.2, 0.25) is 0 Å². The van der Waals surface area contributed by atoms with Gasteiger partial charge in [-0.3, -0.25) is 0 Å². The van der Waals surface area contributed by atoms with E-state index in [0.29, 0.717) is 6.04 Å². The zero-order valence-electron chi connectivity index (χ0n) is 12.2. The lowest BCUT2D eigenvalue weighted by atomic mass is 9.96. The number of hydrogen-bond acceptors (Lipinski definition) is 1. The van der Waals surface area contributed by atoms with E-state index in [9.17, 15) is 0 Å². The lowest BCUT2D eigenvalue weighted by Gasteiger charge is -2.19. The number of nitrogens with one attached hydrogen (secondary N) is 1. The highest BCUT2D eigenvalue weighted by atomic mass is 79.9. The predicted octanol–water partition coefficient (Wildman–Crippen LogP) is 4.52. The van der Waals surface area contributed by atoms with Crippen LogP contribution in [-0.2, 0) is 12.8 Å². The van der Waals surface area contributed by atoms with Crippen molar-refractivity contribution in [1.82, 2.24) is 5.32 Å². The van der Waals surface area contributed by atoms with Gasteiger partial charge in [0.25, 0.3) is 0 Å². The van der Waals surface area contributed by atoms with E-state index in [-0.39, 0.29) is 0 Å². The first kappa shape index (κ1) is 15.3. The van der Waals surface area contributed by atoms with Crippen molar-refractivity contribution in [3.8, 4) is 0 Å². The monoisotopic (exact) mass is 331 g/mol. The summed E-state index contributed by atoms with van der Waals surface area (Å²) in [6.07, 6.45) is 2.14. The smallest absolute Gasteiger partial charge is 0.0175 e. The SMILES string of the molecule is CCNC(Cc1ccc(Br)cc1)Cc1ccccc1C. The summed E-state index contributed by atoms with van der Waals surface area (Å²) >= 11 is 3.49. The van der Waals surface area contributed by atoms with Crippen LogP contribution in [0.4, 0.5) is 0 Å². The van der Waals surface area contributed by atoms with Crippen LogP contribution in [0.5, 0.6) is 0 Å². The maximum atomic E-state index is 3.61. The molecule has 1 nitrogen and oxygen atoms in total. The summed E-state index contributed by atoms with van der Waals surface area (Å²) in [7, 11) is 0. The fourth-order valence-corrected chi connectivity index (χ4v) is 2.78. The van der Waals surface area contributed by atoms with Crippen molar-refractivity contribution in [1.29, 1.82) is 0 Å². The summed E-state index contributed by atoms with van der Waals surface area (Å²) in [6, 6.07) is 17.8. The molecule has 20 heavy (non-hydrogen) atoms. The average Bonchev–Trinajstić information content (AvgIpc) is 2.44. The third-order valence-electron chi connectivity index (χ3n) is 3.62. The number of halogens is 1. The Morgan fingerprint density at radius 3 is 2.35 bits per heavy atom. The molecular formula is C18H22BrN. The van der Waals surface area contributed by atoms with E-state index in [0.717, 1.165) is 23.9 Å². The highest BCUT2D eigenvalue weighted by molar-refractivity contribution is 9.10. The summed E-state index contributed by atoms with van der Waals surface area (Å²) in [5.74, 6) is 0. The van der Waals surface area contributed by atoms with Crippen LogP contribution in [0.1, 0.15) is 23.6 Å². The summed E-state index contributed by atoms with van der Waals surface area (Å²) in [5.41, 5.74) is 4.20. The van der Waals surface area contributed by atoms with Gasteiger partial charge in [-0.15, -0.1) is 0 Å². The van der Waals surface area contributed by atoms with Crippen molar-refractivity contribution in [3.05, 3.63) is 69.7 Å². The molecule has 0 spiro atoms. The highest BCUT2D eigenvalue weighted by Gasteiger charge is 2.10. The minimum atomic E-state index is 0.488. The van der Waals surface area contributed by atoms with E-state index in [4.69, 9.17) is 0 Å². The second kappa shape index (κ2) is 7.61. The Morgan fingerprint density at radius 2 is 1.70 bits per heavy atom. The van der Waals surface area contributed by atoms with Gasteiger partial charge in [0.1, 0.15) is 0 Å². The third kappa shape index (κ3) is 4.46. The van der Waals surface area contributed by atoms with E-state index in [2.05, 4.69) is 83.6 Å². The Labute approximate surface area is 130 Å². The Kier molecular flexibility index (Phi) is 5.81. The molecule has 0 bridgehead atoms. The molecule has 0 aliphatic rings. The van der Waals surface area contributed by atoms with Gasteiger partial charge < -0.3 is 5.32 Å². The molecule has 0 saturated heterocycles. The van der Waals surface area contributed by atoms with Gasteiger partial charge in [-0.05, 0) is 55.1 Å². The van der Waals surface area contributed by atoms with E-state index in [1.54, 1.807) is 0 Å². The topological polar surface area (TPSA) is 12.0 Å². The molecule has 1 N–H and O–H groups in total. The Morgan fingerprint density at radius 1 is 1.00 bits per heavy atom. The quantitative estimate of drug-likeness (QED) is 0.820. The van der Waals surface area contributed by atoms with Gasteiger partial charge in [0, 0.05) is 10.5 Å². The Balaban J connectivity index is 2.07. The summed E-state index contributed by atoms with van der Waals surface area (Å²) in [5, 5.41) is 3.61. The molecule has 0 aliphatic heterocycles. The van der Waals surface area contributed by atoms with Crippen LogP contribution in [-0.4, -0.2) is 12.6 Å². The number of benzene rings is 2.